The lowest BCUT2D eigenvalue weighted by Gasteiger charge is -2.03. The minimum atomic E-state index is -0.496. The first-order valence-corrected chi connectivity index (χ1v) is 5.42. The average Bonchev–Trinajstić information content (AvgIpc) is 2.30. The Morgan fingerprint density at radius 1 is 1.53 bits per heavy atom. The molecule has 1 rings (SSSR count). The topological polar surface area (TPSA) is 69.4 Å². The minimum Gasteiger partial charge on any atom is -0.469 e. The van der Waals surface area contributed by atoms with Crippen molar-refractivity contribution in [3.05, 3.63) is 38.9 Å². The van der Waals surface area contributed by atoms with Crippen LogP contribution in [0.5, 0.6) is 0 Å². The maximum Gasteiger partial charge on any atom is 0.305 e. The Kier molecular flexibility index (Phi) is 4.90. The summed E-state index contributed by atoms with van der Waals surface area (Å²) in [5.74, 6) is -0.275. The van der Waals surface area contributed by atoms with Crippen molar-refractivity contribution >= 4 is 23.3 Å². The number of carbonyl (C=O) groups excluding carboxylic acids is 1. The average molecular weight is 258 g/mol. The lowest BCUT2D eigenvalue weighted by molar-refractivity contribution is -0.384. The fourth-order valence-corrected chi connectivity index (χ4v) is 1.65. The third-order valence-electron chi connectivity index (χ3n) is 2.30. The normalized spacial score (nSPS) is 10.0. The quantitative estimate of drug-likeness (QED) is 0.462. The van der Waals surface area contributed by atoms with Gasteiger partial charge in [-0.1, -0.05) is 17.7 Å². The molecule has 0 radical (unpaired) electrons. The van der Waals surface area contributed by atoms with Gasteiger partial charge in [0.25, 0.3) is 5.69 Å². The van der Waals surface area contributed by atoms with Crippen LogP contribution in [-0.2, 0) is 16.0 Å². The van der Waals surface area contributed by atoms with Crippen molar-refractivity contribution in [2.45, 2.75) is 19.3 Å². The zero-order valence-electron chi connectivity index (χ0n) is 9.31. The third-order valence-corrected chi connectivity index (χ3v) is 2.65. The van der Waals surface area contributed by atoms with Crippen molar-refractivity contribution in [2.75, 3.05) is 7.11 Å². The summed E-state index contributed by atoms with van der Waals surface area (Å²) in [6, 6.07) is 4.33. The minimum absolute atomic E-state index is 0.0354. The third kappa shape index (κ3) is 4.03. The highest BCUT2D eigenvalue weighted by Crippen LogP contribution is 2.23. The van der Waals surface area contributed by atoms with Crippen LogP contribution in [0.1, 0.15) is 18.4 Å². The van der Waals surface area contributed by atoms with Crippen molar-refractivity contribution in [3.63, 3.8) is 0 Å². The second-order valence-corrected chi connectivity index (χ2v) is 3.87. The summed E-state index contributed by atoms with van der Waals surface area (Å²) in [7, 11) is 1.33. The molecule has 0 saturated heterocycles. The molecule has 92 valence electrons. The molecule has 0 unspecified atom stereocenters. The van der Waals surface area contributed by atoms with E-state index in [0.717, 1.165) is 5.56 Å². The molecule has 0 amide bonds. The standard InChI is InChI=1S/C11H12ClNO4/c1-17-11(14)4-2-3-8-5-6-9(13(15)16)7-10(8)12/h5-7H,2-4H2,1H3. The molecule has 1 aromatic rings. The SMILES string of the molecule is COC(=O)CCCc1ccc([N+](=O)[O-])cc1Cl. The number of aryl methyl sites for hydroxylation is 1. The molecular formula is C11H12ClNO4. The summed E-state index contributed by atoms with van der Waals surface area (Å²) in [5.41, 5.74) is 0.757. The van der Waals surface area contributed by atoms with E-state index in [2.05, 4.69) is 4.74 Å². The van der Waals surface area contributed by atoms with Gasteiger partial charge in [-0.2, -0.15) is 0 Å². The van der Waals surface area contributed by atoms with Crippen molar-refractivity contribution in [3.8, 4) is 0 Å². The molecule has 0 aliphatic carbocycles. The number of hydrogen-bond donors (Lipinski definition) is 0. The highest BCUT2D eigenvalue weighted by molar-refractivity contribution is 6.31. The first-order valence-electron chi connectivity index (χ1n) is 5.04. The molecule has 5 nitrogen and oxygen atoms in total. The number of benzene rings is 1. The lowest BCUT2D eigenvalue weighted by atomic mass is 10.1. The van der Waals surface area contributed by atoms with E-state index in [9.17, 15) is 14.9 Å². The molecule has 0 spiro atoms. The molecule has 0 aromatic heterocycles. The maximum atomic E-state index is 10.9. The van der Waals surface area contributed by atoms with Gasteiger partial charge in [-0.05, 0) is 18.4 Å². The van der Waals surface area contributed by atoms with E-state index in [1.54, 1.807) is 6.07 Å². The Balaban J connectivity index is 2.60. The van der Waals surface area contributed by atoms with E-state index < -0.39 is 4.92 Å². The Morgan fingerprint density at radius 2 is 2.24 bits per heavy atom. The monoisotopic (exact) mass is 257 g/mol. The Hall–Kier alpha value is -1.62. The summed E-state index contributed by atoms with van der Waals surface area (Å²) in [6.45, 7) is 0. The zero-order chi connectivity index (χ0) is 12.8. The number of rotatable bonds is 5. The van der Waals surface area contributed by atoms with Crippen molar-refractivity contribution < 1.29 is 14.5 Å². The van der Waals surface area contributed by atoms with Crippen LogP contribution in [0.25, 0.3) is 0 Å². The molecule has 0 bridgehead atoms. The molecule has 0 aliphatic heterocycles. The summed E-state index contributed by atoms with van der Waals surface area (Å²) >= 11 is 5.90. The van der Waals surface area contributed by atoms with Crippen molar-refractivity contribution in [2.24, 2.45) is 0 Å². The van der Waals surface area contributed by atoms with E-state index in [1.165, 1.54) is 19.2 Å². The first kappa shape index (κ1) is 13.4. The van der Waals surface area contributed by atoms with Gasteiger partial charge in [-0.15, -0.1) is 0 Å². The molecule has 0 aliphatic rings. The molecule has 0 saturated carbocycles. The van der Waals surface area contributed by atoms with E-state index in [0.29, 0.717) is 24.3 Å². The molecule has 0 fully saturated rings. The molecule has 0 heterocycles. The Labute approximate surface area is 103 Å². The predicted octanol–water partition coefficient (Wildman–Crippen LogP) is 2.74. The molecule has 0 N–H and O–H groups in total. The van der Waals surface area contributed by atoms with Gasteiger partial charge in [0.1, 0.15) is 0 Å². The molecule has 6 heteroatoms. The van der Waals surface area contributed by atoms with Crippen LogP contribution in [0.2, 0.25) is 5.02 Å². The molecule has 0 atom stereocenters. The van der Waals surface area contributed by atoms with E-state index in [-0.39, 0.29) is 11.7 Å². The zero-order valence-corrected chi connectivity index (χ0v) is 10.1. The van der Waals surface area contributed by atoms with Gasteiger partial charge in [-0.25, -0.2) is 0 Å². The summed E-state index contributed by atoms with van der Waals surface area (Å²) < 4.78 is 4.51. The number of nitro benzene ring substituents is 1. The number of nitro groups is 1. The van der Waals surface area contributed by atoms with Gasteiger partial charge in [0.05, 0.1) is 17.1 Å². The Morgan fingerprint density at radius 3 is 2.76 bits per heavy atom. The van der Waals surface area contributed by atoms with Gasteiger partial charge >= 0.3 is 5.97 Å². The second-order valence-electron chi connectivity index (χ2n) is 3.46. The van der Waals surface area contributed by atoms with Crippen LogP contribution in [0.3, 0.4) is 0 Å². The predicted molar refractivity (Wildman–Crippen MR) is 63.1 cm³/mol. The van der Waals surface area contributed by atoms with Gasteiger partial charge < -0.3 is 4.74 Å². The van der Waals surface area contributed by atoms with Gasteiger partial charge in [0.15, 0.2) is 0 Å². The van der Waals surface area contributed by atoms with Crippen LogP contribution in [0, 0.1) is 10.1 Å². The number of ether oxygens (including phenoxy) is 1. The van der Waals surface area contributed by atoms with Gasteiger partial charge in [0, 0.05) is 18.6 Å². The van der Waals surface area contributed by atoms with Crippen LogP contribution < -0.4 is 0 Å². The first-order chi connectivity index (χ1) is 8.04. The second kappa shape index (κ2) is 6.20. The van der Waals surface area contributed by atoms with Crippen LogP contribution in [-0.4, -0.2) is 18.0 Å². The number of hydrogen-bond acceptors (Lipinski definition) is 4. The van der Waals surface area contributed by atoms with E-state index in [1.807, 2.05) is 0 Å². The number of methoxy groups -OCH3 is 1. The summed E-state index contributed by atoms with van der Waals surface area (Å²) in [5, 5.41) is 10.8. The van der Waals surface area contributed by atoms with E-state index in [4.69, 9.17) is 11.6 Å². The Bertz CT molecular complexity index is 433. The van der Waals surface area contributed by atoms with Crippen LogP contribution in [0.15, 0.2) is 18.2 Å². The van der Waals surface area contributed by atoms with Crippen LogP contribution >= 0.6 is 11.6 Å². The maximum absolute atomic E-state index is 10.9. The van der Waals surface area contributed by atoms with Gasteiger partial charge in [0.2, 0.25) is 0 Å². The molecule has 17 heavy (non-hydrogen) atoms. The highest BCUT2D eigenvalue weighted by atomic mass is 35.5. The van der Waals surface area contributed by atoms with Gasteiger partial charge in [-0.3, -0.25) is 14.9 Å². The number of esters is 1. The number of nitrogens with zero attached hydrogens (tertiary/aromatic N) is 1. The number of halogens is 1. The van der Waals surface area contributed by atoms with Crippen molar-refractivity contribution in [1.82, 2.24) is 0 Å². The summed E-state index contributed by atoms with van der Waals surface area (Å²) in [4.78, 5) is 20.9. The number of carbonyl (C=O) groups is 1. The summed E-state index contributed by atoms with van der Waals surface area (Å²) in [6.07, 6.45) is 1.50. The molecule has 1 aromatic carbocycles. The largest absolute Gasteiger partial charge is 0.469 e. The lowest BCUT2D eigenvalue weighted by Crippen LogP contribution is -2.00. The van der Waals surface area contributed by atoms with E-state index >= 15 is 0 Å². The fourth-order valence-electron chi connectivity index (χ4n) is 1.38. The smallest absolute Gasteiger partial charge is 0.305 e. The highest BCUT2D eigenvalue weighted by Gasteiger charge is 2.09. The molecular weight excluding hydrogens is 246 g/mol. The number of non-ortho nitro benzene ring substituents is 1. The van der Waals surface area contributed by atoms with Crippen molar-refractivity contribution in [1.29, 1.82) is 0 Å². The van der Waals surface area contributed by atoms with Crippen LogP contribution in [0.4, 0.5) is 5.69 Å². The fraction of sp³-hybridized carbons (Fsp3) is 0.364.